The van der Waals surface area contributed by atoms with Crippen LogP contribution in [0.5, 0.6) is 5.88 Å². The lowest BCUT2D eigenvalue weighted by molar-refractivity contribution is -0.139. The lowest BCUT2D eigenvalue weighted by atomic mass is 10.3. The van der Waals surface area contributed by atoms with E-state index in [4.69, 9.17) is 4.74 Å². The lowest BCUT2D eigenvalue weighted by Gasteiger charge is -1.96. The van der Waals surface area contributed by atoms with Gasteiger partial charge in [-0.2, -0.15) is 0 Å². The Morgan fingerprint density at radius 2 is 2.27 bits per heavy atom. The molecule has 4 nitrogen and oxygen atoms in total. The van der Waals surface area contributed by atoms with Crippen LogP contribution < -0.4 is 4.74 Å². The van der Waals surface area contributed by atoms with E-state index in [2.05, 4.69) is 21.6 Å². The molecule has 0 spiro atoms. The number of aromatic nitrogens is 1. The van der Waals surface area contributed by atoms with E-state index in [-0.39, 0.29) is 12.4 Å². The van der Waals surface area contributed by atoms with Crippen LogP contribution in [0.25, 0.3) is 0 Å². The van der Waals surface area contributed by atoms with E-state index < -0.39 is 0 Å². The van der Waals surface area contributed by atoms with Crippen molar-refractivity contribution in [3.8, 4) is 17.7 Å². The third-order valence-electron chi connectivity index (χ3n) is 1.61. The molecule has 1 aromatic heterocycles. The molecule has 0 unspecified atom stereocenters. The minimum atomic E-state index is -0.356. The number of carbonyl (C=O) groups excluding carboxylic acids is 1. The largest absolute Gasteiger partial charge is 0.481 e. The first-order chi connectivity index (χ1) is 7.26. The third kappa shape index (κ3) is 3.69. The zero-order chi connectivity index (χ0) is 11.1. The number of rotatable bonds is 2. The average molecular weight is 205 g/mol. The summed E-state index contributed by atoms with van der Waals surface area (Å²) in [6, 6.07) is 5.26. The van der Waals surface area contributed by atoms with Crippen molar-refractivity contribution in [2.24, 2.45) is 0 Å². The summed E-state index contributed by atoms with van der Waals surface area (Å²) in [5, 5.41) is 0. The Morgan fingerprint density at radius 3 is 2.93 bits per heavy atom. The van der Waals surface area contributed by atoms with E-state index in [0.29, 0.717) is 11.6 Å². The Hall–Kier alpha value is -2.02. The van der Waals surface area contributed by atoms with E-state index in [1.807, 2.05) is 0 Å². The van der Waals surface area contributed by atoms with Crippen molar-refractivity contribution in [1.29, 1.82) is 0 Å². The normalized spacial score (nSPS) is 8.67. The molecule has 0 aliphatic rings. The highest BCUT2D eigenvalue weighted by molar-refractivity contribution is 5.72. The molecule has 0 radical (unpaired) electrons. The van der Waals surface area contributed by atoms with E-state index in [9.17, 15) is 4.79 Å². The van der Waals surface area contributed by atoms with Crippen LogP contribution in [0.4, 0.5) is 0 Å². The van der Waals surface area contributed by atoms with Crippen LogP contribution in [0.2, 0.25) is 0 Å². The van der Waals surface area contributed by atoms with E-state index in [0.717, 1.165) is 0 Å². The smallest absolute Gasteiger partial charge is 0.317 e. The summed E-state index contributed by atoms with van der Waals surface area (Å²) >= 11 is 0. The number of methoxy groups -OCH3 is 2. The Kier molecular flexibility index (Phi) is 4.17. The maximum atomic E-state index is 10.8. The van der Waals surface area contributed by atoms with Gasteiger partial charge in [-0.15, -0.1) is 0 Å². The number of ether oxygens (including phenoxy) is 2. The number of carbonyl (C=O) groups is 1. The number of pyridine rings is 1. The Labute approximate surface area is 88.2 Å². The van der Waals surface area contributed by atoms with Crippen LogP contribution in [-0.4, -0.2) is 25.2 Å². The van der Waals surface area contributed by atoms with E-state index in [1.165, 1.54) is 14.2 Å². The molecular formula is C11H11NO3. The predicted octanol–water partition coefficient (Wildman–Crippen LogP) is 1.00. The van der Waals surface area contributed by atoms with Gasteiger partial charge in [-0.25, -0.2) is 4.98 Å². The molecule has 0 fully saturated rings. The second-order valence-electron chi connectivity index (χ2n) is 2.62. The van der Waals surface area contributed by atoms with Crippen molar-refractivity contribution in [2.45, 2.75) is 6.42 Å². The van der Waals surface area contributed by atoms with Crippen LogP contribution in [0.1, 0.15) is 12.1 Å². The fourth-order valence-corrected chi connectivity index (χ4v) is 0.877. The summed E-state index contributed by atoms with van der Waals surface area (Å²) in [6.07, 6.45) is 0.0649. The predicted molar refractivity (Wildman–Crippen MR) is 54.3 cm³/mol. The first kappa shape index (κ1) is 11.1. The summed E-state index contributed by atoms with van der Waals surface area (Å²) < 4.78 is 9.38. The molecule has 78 valence electrons. The molecule has 0 amide bonds. The highest BCUT2D eigenvalue weighted by atomic mass is 16.5. The van der Waals surface area contributed by atoms with Crippen molar-refractivity contribution in [1.82, 2.24) is 4.98 Å². The zero-order valence-corrected chi connectivity index (χ0v) is 8.61. The Morgan fingerprint density at radius 1 is 1.47 bits per heavy atom. The number of nitrogens with zero attached hydrogens (tertiary/aromatic N) is 1. The van der Waals surface area contributed by atoms with Gasteiger partial charge in [-0.1, -0.05) is 12.0 Å². The first-order valence-corrected chi connectivity index (χ1v) is 4.33. The van der Waals surface area contributed by atoms with Gasteiger partial charge in [-0.05, 0) is 12.0 Å². The van der Waals surface area contributed by atoms with Gasteiger partial charge in [0.1, 0.15) is 12.1 Å². The number of hydrogen-bond donors (Lipinski definition) is 0. The van der Waals surface area contributed by atoms with Gasteiger partial charge >= 0.3 is 5.97 Å². The molecule has 0 atom stereocenters. The standard InChI is InChI=1S/C11H11NO3/c1-14-10-7-3-5-9(12-10)6-4-8-11(13)15-2/h3,5,7H,8H2,1-2H3. The maximum absolute atomic E-state index is 10.8. The quantitative estimate of drug-likeness (QED) is 0.534. The minimum Gasteiger partial charge on any atom is -0.481 e. The van der Waals surface area contributed by atoms with E-state index >= 15 is 0 Å². The molecule has 0 aliphatic carbocycles. The highest BCUT2D eigenvalue weighted by Crippen LogP contribution is 2.05. The van der Waals surface area contributed by atoms with Crippen molar-refractivity contribution >= 4 is 5.97 Å². The monoisotopic (exact) mass is 205 g/mol. The molecule has 0 aromatic carbocycles. The molecule has 1 rings (SSSR count). The SMILES string of the molecule is COC(=O)CC#Cc1cccc(OC)n1. The van der Waals surface area contributed by atoms with Crippen LogP contribution in [0, 0.1) is 11.8 Å². The van der Waals surface area contributed by atoms with Crippen LogP contribution in [-0.2, 0) is 9.53 Å². The summed E-state index contributed by atoms with van der Waals surface area (Å²) in [4.78, 5) is 14.8. The molecule has 15 heavy (non-hydrogen) atoms. The Bertz CT molecular complexity index is 404. The second kappa shape index (κ2) is 5.66. The number of hydrogen-bond acceptors (Lipinski definition) is 4. The van der Waals surface area contributed by atoms with Crippen LogP contribution in [0.15, 0.2) is 18.2 Å². The molecule has 1 heterocycles. The van der Waals surface area contributed by atoms with Crippen LogP contribution in [0.3, 0.4) is 0 Å². The number of esters is 1. The molecule has 0 saturated heterocycles. The van der Waals surface area contributed by atoms with Gasteiger partial charge in [0.2, 0.25) is 5.88 Å². The molecule has 4 heteroatoms. The second-order valence-corrected chi connectivity index (χ2v) is 2.62. The summed E-state index contributed by atoms with van der Waals surface area (Å²) in [7, 11) is 2.86. The maximum Gasteiger partial charge on any atom is 0.317 e. The van der Waals surface area contributed by atoms with Crippen molar-refractivity contribution in [3.63, 3.8) is 0 Å². The van der Waals surface area contributed by atoms with Crippen molar-refractivity contribution < 1.29 is 14.3 Å². The summed E-state index contributed by atoms with van der Waals surface area (Å²) in [5.41, 5.74) is 0.568. The fraction of sp³-hybridized carbons (Fsp3) is 0.273. The summed E-state index contributed by atoms with van der Waals surface area (Å²) in [6.45, 7) is 0. The van der Waals surface area contributed by atoms with Gasteiger partial charge in [0.25, 0.3) is 0 Å². The van der Waals surface area contributed by atoms with E-state index in [1.54, 1.807) is 18.2 Å². The zero-order valence-electron chi connectivity index (χ0n) is 8.61. The Balaban J connectivity index is 2.67. The minimum absolute atomic E-state index is 0.0649. The molecule has 0 saturated carbocycles. The van der Waals surface area contributed by atoms with Gasteiger partial charge in [0.15, 0.2) is 0 Å². The van der Waals surface area contributed by atoms with Gasteiger partial charge in [0.05, 0.1) is 14.2 Å². The first-order valence-electron chi connectivity index (χ1n) is 4.33. The van der Waals surface area contributed by atoms with Crippen molar-refractivity contribution in [2.75, 3.05) is 14.2 Å². The lowest BCUT2D eigenvalue weighted by Crippen LogP contribution is -1.97. The molecule has 0 bridgehead atoms. The van der Waals surface area contributed by atoms with Gasteiger partial charge in [0, 0.05) is 6.07 Å². The third-order valence-corrected chi connectivity index (χ3v) is 1.61. The molecule has 0 aliphatic heterocycles. The highest BCUT2D eigenvalue weighted by Gasteiger charge is 1.95. The molecule has 1 aromatic rings. The van der Waals surface area contributed by atoms with Gasteiger partial charge < -0.3 is 9.47 Å². The molecule has 0 N–H and O–H groups in total. The van der Waals surface area contributed by atoms with Crippen LogP contribution >= 0.6 is 0 Å². The fourth-order valence-electron chi connectivity index (χ4n) is 0.877. The van der Waals surface area contributed by atoms with Gasteiger partial charge in [-0.3, -0.25) is 4.79 Å². The topological polar surface area (TPSA) is 48.4 Å². The summed E-state index contributed by atoms with van der Waals surface area (Å²) in [5.74, 6) is 5.55. The average Bonchev–Trinajstić information content (AvgIpc) is 2.29. The molecular weight excluding hydrogens is 194 g/mol. The van der Waals surface area contributed by atoms with Crippen molar-refractivity contribution in [3.05, 3.63) is 23.9 Å².